The Labute approximate surface area is 194 Å². The number of methoxy groups -OCH3 is 1. The Kier molecular flexibility index (Phi) is 5.50. The van der Waals surface area contributed by atoms with Gasteiger partial charge in [-0.25, -0.2) is 4.99 Å². The Hall–Kier alpha value is -3.80. The molecule has 33 heavy (non-hydrogen) atoms. The zero-order valence-corrected chi connectivity index (χ0v) is 19.1. The normalized spacial score (nSPS) is 17.3. The molecule has 1 fully saturated rings. The lowest BCUT2D eigenvalue weighted by Crippen LogP contribution is -2.55. The smallest absolute Gasteiger partial charge is 0.257 e. The van der Waals surface area contributed by atoms with Crippen molar-refractivity contribution in [2.75, 3.05) is 26.7 Å². The summed E-state index contributed by atoms with van der Waals surface area (Å²) in [5.41, 5.74) is 3.49. The summed E-state index contributed by atoms with van der Waals surface area (Å²) in [5.74, 6) is 3.02. The number of fused-ring (bicyclic) bond motifs is 2. The van der Waals surface area contributed by atoms with Gasteiger partial charge >= 0.3 is 0 Å². The number of hydrogen-bond donors (Lipinski definition) is 0. The molecule has 3 aromatic rings. The minimum Gasteiger partial charge on any atom is -0.496 e. The summed E-state index contributed by atoms with van der Waals surface area (Å²) in [4.78, 5) is 22.5. The summed E-state index contributed by atoms with van der Waals surface area (Å²) in [6.45, 7) is 6.08. The van der Waals surface area contributed by atoms with Crippen LogP contribution in [0.3, 0.4) is 0 Å². The number of amidine groups is 1. The Morgan fingerprint density at radius 1 is 1.03 bits per heavy atom. The lowest BCUT2D eigenvalue weighted by molar-refractivity contribution is 0.0578. The number of hydrogen-bond acceptors (Lipinski definition) is 5. The van der Waals surface area contributed by atoms with Gasteiger partial charge in [0.15, 0.2) is 5.75 Å². The maximum Gasteiger partial charge on any atom is 0.257 e. The van der Waals surface area contributed by atoms with Crippen LogP contribution in [-0.4, -0.2) is 54.3 Å². The molecule has 2 aliphatic heterocycles. The third kappa shape index (κ3) is 3.93. The van der Waals surface area contributed by atoms with Crippen molar-refractivity contribution in [3.63, 3.8) is 0 Å². The van der Waals surface area contributed by atoms with Crippen molar-refractivity contribution >= 4 is 17.4 Å². The van der Waals surface area contributed by atoms with E-state index in [2.05, 4.69) is 11.8 Å². The van der Waals surface area contributed by atoms with Crippen LogP contribution in [-0.2, 0) is 0 Å². The Balaban J connectivity index is 1.45. The summed E-state index contributed by atoms with van der Waals surface area (Å²) >= 11 is 0. The molecule has 2 aliphatic rings. The van der Waals surface area contributed by atoms with Crippen molar-refractivity contribution in [2.45, 2.75) is 19.9 Å². The van der Waals surface area contributed by atoms with Crippen molar-refractivity contribution in [1.82, 2.24) is 9.80 Å². The van der Waals surface area contributed by atoms with Gasteiger partial charge in [-0.15, -0.1) is 0 Å². The fraction of sp³-hybridized carbons (Fsp3) is 0.259. The van der Waals surface area contributed by atoms with Crippen LogP contribution in [0.4, 0.5) is 5.69 Å². The first-order valence-electron chi connectivity index (χ1n) is 11.2. The van der Waals surface area contributed by atoms with E-state index in [1.165, 1.54) is 0 Å². The number of aliphatic imine (C=N–C) groups is 1. The lowest BCUT2D eigenvalue weighted by atomic mass is 10.1. The highest BCUT2D eigenvalue weighted by molar-refractivity contribution is 6.04. The largest absolute Gasteiger partial charge is 0.496 e. The van der Waals surface area contributed by atoms with Gasteiger partial charge in [0.2, 0.25) is 0 Å². The van der Waals surface area contributed by atoms with Crippen molar-refractivity contribution in [1.29, 1.82) is 0 Å². The number of carbonyl (C=O) groups excluding carboxylic acids is 1. The third-order valence-corrected chi connectivity index (χ3v) is 6.21. The van der Waals surface area contributed by atoms with Gasteiger partial charge in [-0.1, -0.05) is 30.3 Å². The topological polar surface area (TPSA) is 54.4 Å². The predicted molar refractivity (Wildman–Crippen MR) is 129 cm³/mol. The Morgan fingerprint density at radius 3 is 2.64 bits per heavy atom. The molecule has 0 N–H and O–H groups in total. The molecular weight excluding hydrogens is 414 g/mol. The molecule has 0 bridgehead atoms. The fourth-order valence-electron chi connectivity index (χ4n) is 4.50. The molecule has 0 radical (unpaired) electrons. The SMILES string of the molecule is COc1ccccc1C(=O)N1CCN(C2=Nc3ccc(C)cc3Oc3ccccc32)CC1C. The number of para-hydroxylation sites is 2. The zero-order chi connectivity index (χ0) is 22.9. The lowest BCUT2D eigenvalue weighted by Gasteiger charge is -2.41. The van der Waals surface area contributed by atoms with Crippen molar-refractivity contribution < 1.29 is 14.3 Å². The van der Waals surface area contributed by atoms with Crippen LogP contribution < -0.4 is 9.47 Å². The Morgan fingerprint density at radius 2 is 1.82 bits per heavy atom. The van der Waals surface area contributed by atoms with E-state index >= 15 is 0 Å². The van der Waals surface area contributed by atoms with E-state index < -0.39 is 0 Å². The van der Waals surface area contributed by atoms with E-state index in [-0.39, 0.29) is 11.9 Å². The first kappa shape index (κ1) is 21.1. The number of rotatable bonds is 2. The van der Waals surface area contributed by atoms with Crippen LogP contribution in [0.15, 0.2) is 71.7 Å². The van der Waals surface area contributed by atoms with Gasteiger partial charge in [-0.3, -0.25) is 4.79 Å². The molecule has 1 saturated heterocycles. The number of carbonyl (C=O) groups is 1. The first-order chi connectivity index (χ1) is 16.0. The number of benzene rings is 3. The molecule has 0 spiro atoms. The van der Waals surface area contributed by atoms with Crippen molar-refractivity contribution in [2.24, 2.45) is 4.99 Å². The second kappa shape index (κ2) is 8.62. The van der Waals surface area contributed by atoms with E-state index in [4.69, 9.17) is 14.5 Å². The molecular formula is C27H27N3O3. The monoisotopic (exact) mass is 441 g/mol. The summed E-state index contributed by atoms with van der Waals surface area (Å²) in [7, 11) is 1.59. The summed E-state index contributed by atoms with van der Waals surface area (Å²) < 4.78 is 11.7. The van der Waals surface area contributed by atoms with E-state index in [9.17, 15) is 4.79 Å². The van der Waals surface area contributed by atoms with Crippen LogP contribution in [0.25, 0.3) is 0 Å². The molecule has 1 amide bonds. The van der Waals surface area contributed by atoms with Gasteiger partial charge in [0.05, 0.1) is 18.2 Å². The average Bonchev–Trinajstić information content (AvgIpc) is 3.00. The van der Waals surface area contributed by atoms with Gasteiger partial charge in [-0.2, -0.15) is 0 Å². The van der Waals surface area contributed by atoms with E-state index in [1.807, 2.05) is 78.6 Å². The zero-order valence-electron chi connectivity index (χ0n) is 19.1. The number of piperazine rings is 1. The highest BCUT2D eigenvalue weighted by Gasteiger charge is 2.32. The highest BCUT2D eigenvalue weighted by Crippen LogP contribution is 2.39. The van der Waals surface area contributed by atoms with Gasteiger partial charge in [0.25, 0.3) is 5.91 Å². The quantitative estimate of drug-likeness (QED) is 0.560. The molecule has 0 saturated carbocycles. The van der Waals surface area contributed by atoms with Crippen molar-refractivity contribution in [3.8, 4) is 17.2 Å². The van der Waals surface area contributed by atoms with Crippen LogP contribution >= 0.6 is 0 Å². The molecule has 168 valence electrons. The minimum atomic E-state index is -0.00744. The maximum absolute atomic E-state index is 13.3. The standard InChI is InChI=1S/C27H27N3O3/c1-18-12-13-22-25(16-18)33-24-11-7-4-8-20(24)26(28-22)29-14-15-30(19(2)17-29)27(31)21-9-5-6-10-23(21)32-3/h4-13,16,19H,14-15,17H2,1-3H3. The second-order valence-electron chi connectivity index (χ2n) is 8.50. The summed E-state index contributed by atoms with van der Waals surface area (Å²) in [6, 6.07) is 21.5. The number of amides is 1. The summed E-state index contributed by atoms with van der Waals surface area (Å²) in [6.07, 6.45) is 0. The minimum absolute atomic E-state index is 0.00711. The van der Waals surface area contributed by atoms with Gasteiger partial charge < -0.3 is 19.3 Å². The molecule has 1 unspecified atom stereocenters. The number of aryl methyl sites for hydroxylation is 1. The van der Waals surface area contributed by atoms with Crippen LogP contribution in [0.5, 0.6) is 17.2 Å². The fourth-order valence-corrected chi connectivity index (χ4v) is 4.50. The molecule has 6 nitrogen and oxygen atoms in total. The van der Waals surface area contributed by atoms with Crippen LogP contribution in [0.1, 0.15) is 28.4 Å². The van der Waals surface area contributed by atoms with Gasteiger partial charge in [0, 0.05) is 25.7 Å². The van der Waals surface area contributed by atoms with Gasteiger partial charge in [-0.05, 0) is 55.8 Å². The molecule has 3 aromatic carbocycles. The number of nitrogens with zero attached hydrogens (tertiary/aromatic N) is 3. The van der Waals surface area contributed by atoms with E-state index in [1.54, 1.807) is 7.11 Å². The second-order valence-corrected chi connectivity index (χ2v) is 8.50. The van der Waals surface area contributed by atoms with E-state index in [0.717, 1.165) is 34.1 Å². The molecule has 5 rings (SSSR count). The first-order valence-corrected chi connectivity index (χ1v) is 11.2. The number of ether oxygens (including phenoxy) is 2. The summed E-state index contributed by atoms with van der Waals surface area (Å²) in [5, 5.41) is 0. The molecule has 2 heterocycles. The predicted octanol–water partition coefficient (Wildman–Crippen LogP) is 5.03. The molecule has 0 aliphatic carbocycles. The van der Waals surface area contributed by atoms with Gasteiger partial charge in [0.1, 0.15) is 23.0 Å². The molecule has 0 aromatic heterocycles. The third-order valence-electron chi connectivity index (χ3n) is 6.21. The Bertz CT molecular complexity index is 1240. The van der Waals surface area contributed by atoms with Crippen LogP contribution in [0.2, 0.25) is 0 Å². The molecule has 6 heteroatoms. The van der Waals surface area contributed by atoms with Crippen molar-refractivity contribution in [3.05, 3.63) is 83.4 Å². The highest BCUT2D eigenvalue weighted by atomic mass is 16.5. The average molecular weight is 442 g/mol. The van der Waals surface area contributed by atoms with Crippen LogP contribution in [0, 0.1) is 6.92 Å². The maximum atomic E-state index is 13.3. The molecule has 1 atom stereocenters. The van der Waals surface area contributed by atoms with E-state index in [0.29, 0.717) is 30.9 Å².